The van der Waals surface area contributed by atoms with E-state index < -0.39 is 5.97 Å². The summed E-state index contributed by atoms with van der Waals surface area (Å²) >= 11 is 1.59. The highest BCUT2D eigenvalue weighted by Crippen LogP contribution is 2.09. The first kappa shape index (κ1) is 12.7. The summed E-state index contributed by atoms with van der Waals surface area (Å²) in [7, 11) is 0. The van der Waals surface area contributed by atoms with Crippen LogP contribution in [0.4, 0.5) is 0 Å². The Morgan fingerprint density at radius 2 is 2.25 bits per heavy atom. The fourth-order valence-electron chi connectivity index (χ4n) is 1.36. The Kier molecular flexibility index (Phi) is 4.98. The fraction of sp³-hybridized carbons (Fsp3) is 0.455. The van der Waals surface area contributed by atoms with Crippen LogP contribution in [0, 0.1) is 5.92 Å². The number of rotatable bonds is 6. The summed E-state index contributed by atoms with van der Waals surface area (Å²) in [5, 5.41) is 13.3. The minimum Gasteiger partial charge on any atom is -0.481 e. The Labute approximate surface area is 98.3 Å². The average Bonchev–Trinajstić information content (AvgIpc) is 2.65. The van der Waals surface area contributed by atoms with Crippen LogP contribution in [0.3, 0.4) is 0 Å². The summed E-state index contributed by atoms with van der Waals surface area (Å²) in [6.45, 7) is 2.29. The van der Waals surface area contributed by atoms with Crippen LogP contribution < -0.4 is 5.32 Å². The molecule has 1 atom stereocenters. The predicted octanol–water partition coefficient (Wildman–Crippen LogP) is 1.87. The molecule has 0 aromatic carbocycles. The summed E-state index contributed by atoms with van der Waals surface area (Å²) in [5.41, 5.74) is 0. The van der Waals surface area contributed by atoms with Crippen molar-refractivity contribution >= 4 is 23.2 Å². The van der Waals surface area contributed by atoms with Gasteiger partial charge < -0.3 is 10.4 Å². The van der Waals surface area contributed by atoms with Crippen molar-refractivity contribution < 1.29 is 14.7 Å². The van der Waals surface area contributed by atoms with Gasteiger partial charge in [0.05, 0.1) is 6.54 Å². The van der Waals surface area contributed by atoms with Gasteiger partial charge >= 0.3 is 5.97 Å². The van der Waals surface area contributed by atoms with Crippen molar-refractivity contribution in [1.29, 1.82) is 0 Å². The minimum atomic E-state index is -0.862. The van der Waals surface area contributed by atoms with Crippen molar-refractivity contribution in [2.24, 2.45) is 5.92 Å². The fourth-order valence-corrected chi connectivity index (χ4v) is 2.00. The van der Waals surface area contributed by atoms with E-state index >= 15 is 0 Å². The molecule has 0 saturated heterocycles. The largest absolute Gasteiger partial charge is 0.481 e. The van der Waals surface area contributed by atoms with Gasteiger partial charge in [-0.3, -0.25) is 9.59 Å². The van der Waals surface area contributed by atoms with E-state index in [0.717, 1.165) is 4.88 Å². The molecule has 1 amide bonds. The second-order valence-corrected chi connectivity index (χ2v) is 4.80. The molecule has 0 fully saturated rings. The van der Waals surface area contributed by atoms with Crippen molar-refractivity contribution in [3.63, 3.8) is 0 Å². The van der Waals surface area contributed by atoms with Gasteiger partial charge in [0.2, 0.25) is 5.91 Å². The Morgan fingerprint density at radius 1 is 1.50 bits per heavy atom. The first-order chi connectivity index (χ1) is 7.58. The molecule has 88 valence electrons. The van der Waals surface area contributed by atoms with Crippen molar-refractivity contribution in [1.82, 2.24) is 5.32 Å². The molecule has 0 unspecified atom stereocenters. The zero-order chi connectivity index (χ0) is 12.0. The molecule has 1 aromatic rings. The Hall–Kier alpha value is -1.36. The standard InChI is InChI=1S/C11H15NO3S/c1-8(6-11(14)15)5-10(13)12-7-9-3-2-4-16-9/h2-4,8H,5-7H2,1H3,(H,12,13)(H,14,15)/t8-/m1/s1. The van der Waals surface area contributed by atoms with E-state index in [0.29, 0.717) is 6.54 Å². The molecule has 1 aromatic heterocycles. The predicted molar refractivity (Wildman–Crippen MR) is 62.2 cm³/mol. The van der Waals surface area contributed by atoms with Crippen LogP contribution in [0.5, 0.6) is 0 Å². The summed E-state index contributed by atoms with van der Waals surface area (Å²) in [5.74, 6) is -1.08. The molecule has 0 aliphatic carbocycles. The van der Waals surface area contributed by atoms with E-state index in [1.54, 1.807) is 18.3 Å². The third-order valence-electron chi connectivity index (χ3n) is 2.10. The molecule has 0 aliphatic heterocycles. The number of hydrogen-bond donors (Lipinski definition) is 2. The van der Waals surface area contributed by atoms with Gasteiger partial charge in [0.25, 0.3) is 0 Å². The van der Waals surface area contributed by atoms with E-state index in [9.17, 15) is 9.59 Å². The van der Waals surface area contributed by atoms with Crippen molar-refractivity contribution in [3.05, 3.63) is 22.4 Å². The van der Waals surface area contributed by atoms with Crippen LogP contribution in [0.1, 0.15) is 24.6 Å². The van der Waals surface area contributed by atoms with Crippen LogP contribution in [0.25, 0.3) is 0 Å². The van der Waals surface area contributed by atoms with E-state index in [4.69, 9.17) is 5.11 Å². The lowest BCUT2D eigenvalue weighted by atomic mass is 10.0. The summed E-state index contributed by atoms with van der Waals surface area (Å²) < 4.78 is 0. The van der Waals surface area contributed by atoms with Crippen LogP contribution >= 0.6 is 11.3 Å². The second kappa shape index (κ2) is 6.27. The van der Waals surface area contributed by atoms with Crippen LogP contribution in [0.2, 0.25) is 0 Å². The molecule has 1 rings (SSSR count). The number of thiophene rings is 1. The molecule has 5 heteroatoms. The SMILES string of the molecule is C[C@@H](CC(=O)O)CC(=O)NCc1cccs1. The van der Waals surface area contributed by atoms with Crippen molar-refractivity contribution in [2.75, 3.05) is 0 Å². The normalized spacial score (nSPS) is 12.1. The number of nitrogens with one attached hydrogen (secondary N) is 1. The lowest BCUT2D eigenvalue weighted by Crippen LogP contribution is -2.24. The molecule has 16 heavy (non-hydrogen) atoms. The highest BCUT2D eigenvalue weighted by molar-refractivity contribution is 7.09. The lowest BCUT2D eigenvalue weighted by molar-refractivity contribution is -0.138. The Bertz CT molecular complexity index is 348. The van der Waals surface area contributed by atoms with Gasteiger partial charge in [0.15, 0.2) is 0 Å². The highest BCUT2D eigenvalue weighted by atomic mass is 32.1. The highest BCUT2D eigenvalue weighted by Gasteiger charge is 2.12. The van der Waals surface area contributed by atoms with Gasteiger partial charge in [-0.2, -0.15) is 0 Å². The zero-order valence-electron chi connectivity index (χ0n) is 9.10. The summed E-state index contributed by atoms with van der Waals surface area (Å²) in [4.78, 5) is 22.9. The van der Waals surface area contributed by atoms with Crippen molar-refractivity contribution in [3.8, 4) is 0 Å². The molecule has 4 nitrogen and oxygen atoms in total. The zero-order valence-corrected chi connectivity index (χ0v) is 9.92. The number of carbonyl (C=O) groups is 2. The smallest absolute Gasteiger partial charge is 0.303 e. The van der Waals surface area contributed by atoms with Crippen LogP contribution in [-0.2, 0) is 16.1 Å². The van der Waals surface area contributed by atoms with Crippen molar-refractivity contribution in [2.45, 2.75) is 26.3 Å². The number of carboxylic acids is 1. The summed E-state index contributed by atoms with van der Waals surface area (Å²) in [6, 6.07) is 3.88. The Balaban J connectivity index is 2.23. The third kappa shape index (κ3) is 4.93. The molecule has 0 radical (unpaired) electrons. The van der Waals surface area contributed by atoms with Gasteiger partial charge in [-0.05, 0) is 17.4 Å². The van der Waals surface area contributed by atoms with Crippen LogP contribution in [-0.4, -0.2) is 17.0 Å². The van der Waals surface area contributed by atoms with Gasteiger partial charge in [-0.15, -0.1) is 11.3 Å². The maximum atomic E-state index is 11.4. The number of aliphatic carboxylic acids is 1. The van der Waals surface area contributed by atoms with Gasteiger partial charge in [0, 0.05) is 17.7 Å². The molecule has 1 heterocycles. The Morgan fingerprint density at radius 3 is 2.81 bits per heavy atom. The topological polar surface area (TPSA) is 66.4 Å². The minimum absolute atomic E-state index is 0.0341. The third-order valence-corrected chi connectivity index (χ3v) is 2.97. The van der Waals surface area contributed by atoms with Gasteiger partial charge in [0.1, 0.15) is 0 Å². The first-order valence-corrected chi connectivity index (χ1v) is 5.96. The number of amides is 1. The maximum absolute atomic E-state index is 11.4. The maximum Gasteiger partial charge on any atom is 0.303 e. The number of carboxylic acid groups (broad SMARTS) is 1. The van der Waals surface area contributed by atoms with Crippen LogP contribution in [0.15, 0.2) is 17.5 Å². The van der Waals surface area contributed by atoms with Gasteiger partial charge in [-0.25, -0.2) is 0 Å². The number of carbonyl (C=O) groups excluding carboxylic acids is 1. The van der Waals surface area contributed by atoms with E-state index in [-0.39, 0.29) is 24.7 Å². The molecule has 0 bridgehead atoms. The lowest BCUT2D eigenvalue weighted by Gasteiger charge is -2.08. The molecular formula is C11H15NO3S. The number of hydrogen-bond acceptors (Lipinski definition) is 3. The summed E-state index contributed by atoms with van der Waals surface area (Å²) in [6.07, 6.45) is 0.296. The van der Waals surface area contributed by atoms with E-state index in [1.165, 1.54) is 0 Å². The first-order valence-electron chi connectivity index (χ1n) is 5.09. The quantitative estimate of drug-likeness (QED) is 0.799. The van der Waals surface area contributed by atoms with E-state index in [1.807, 2.05) is 17.5 Å². The second-order valence-electron chi connectivity index (χ2n) is 3.76. The molecule has 0 spiro atoms. The monoisotopic (exact) mass is 241 g/mol. The van der Waals surface area contributed by atoms with Gasteiger partial charge in [-0.1, -0.05) is 13.0 Å². The van der Waals surface area contributed by atoms with E-state index in [2.05, 4.69) is 5.32 Å². The molecule has 0 saturated carbocycles. The average molecular weight is 241 g/mol. The molecular weight excluding hydrogens is 226 g/mol. The molecule has 2 N–H and O–H groups in total. The molecule has 0 aliphatic rings.